The molecule has 1 aromatic rings. The van der Waals surface area contributed by atoms with E-state index in [0.717, 1.165) is 24.2 Å². The van der Waals surface area contributed by atoms with Crippen LogP contribution in [-0.2, 0) is 16.0 Å². The molecule has 0 saturated carbocycles. The molecule has 0 spiro atoms. The van der Waals surface area contributed by atoms with Gasteiger partial charge in [0.05, 0.1) is 7.11 Å². The monoisotopic (exact) mass is 238 g/mol. The Morgan fingerprint density at radius 1 is 1.56 bits per heavy atom. The predicted molar refractivity (Wildman–Crippen MR) is 62.5 cm³/mol. The van der Waals surface area contributed by atoms with E-state index in [9.17, 15) is 9.90 Å². The van der Waals surface area contributed by atoms with Gasteiger partial charge in [0.25, 0.3) is 0 Å². The van der Waals surface area contributed by atoms with Gasteiger partial charge in [0.1, 0.15) is 0 Å². The molecule has 1 heterocycles. The van der Waals surface area contributed by atoms with Gasteiger partial charge >= 0.3 is 5.97 Å². The average Bonchev–Trinajstić information content (AvgIpc) is 2.36. The van der Waals surface area contributed by atoms with Crippen molar-refractivity contribution in [1.29, 1.82) is 0 Å². The molecule has 1 aromatic carbocycles. The molecule has 1 N–H and O–H groups in total. The van der Waals surface area contributed by atoms with Crippen LogP contribution in [0.25, 0.3) is 0 Å². The Hall–Kier alpha value is -1.00. The lowest BCUT2D eigenvalue weighted by molar-refractivity contribution is -0.150. The molecule has 1 aliphatic heterocycles. The fourth-order valence-corrected chi connectivity index (χ4v) is 2.99. The van der Waals surface area contributed by atoms with Crippen molar-refractivity contribution in [3.05, 3.63) is 29.3 Å². The van der Waals surface area contributed by atoms with Crippen molar-refractivity contribution in [2.24, 2.45) is 0 Å². The molecule has 0 saturated heterocycles. The van der Waals surface area contributed by atoms with E-state index >= 15 is 0 Å². The molecule has 0 radical (unpaired) electrons. The maximum Gasteiger partial charge on any atom is 0.339 e. The first-order valence-electron chi connectivity index (χ1n) is 5.24. The van der Waals surface area contributed by atoms with Gasteiger partial charge in [0, 0.05) is 4.90 Å². The molecule has 0 aliphatic carbocycles. The van der Waals surface area contributed by atoms with Crippen molar-refractivity contribution in [2.75, 3.05) is 12.9 Å². The summed E-state index contributed by atoms with van der Waals surface area (Å²) in [6, 6.07) is 5.71. The second-order valence-corrected chi connectivity index (χ2v) is 4.84. The lowest BCUT2D eigenvalue weighted by Crippen LogP contribution is -2.16. The Balaban J connectivity index is 2.37. The molecular formula is C12H14O3S. The smallest absolute Gasteiger partial charge is 0.339 e. The number of hydrogen-bond donors (Lipinski definition) is 1. The van der Waals surface area contributed by atoms with E-state index in [-0.39, 0.29) is 0 Å². The number of aliphatic hydroxyl groups is 1. The van der Waals surface area contributed by atoms with E-state index < -0.39 is 12.1 Å². The molecule has 0 bridgehead atoms. The second-order valence-electron chi connectivity index (χ2n) is 3.70. The van der Waals surface area contributed by atoms with Crippen LogP contribution in [-0.4, -0.2) is 23.9 Å². The predicted octanol–water partition coefficient (Wildman–Crippen LogP) is 1.93. The van der Waals surface area contributed by atoms with Crippen LogP contribution in [0, 0.1) is 0 Å². The standard InChI is InChI=1S/C12H14O3S/c1-15-12(14)11(13)9-4-2-6-10-8(9)5-3-7-16-10/h2,4,6,11,13H,3,5,7H2,1H3. The number of carbonyl (C=O) groups excluding carboxylic acids is 1. The number of benzene rings is 1. The summed E-state index contributed by atoms with van der Waals surface area (Å²) >= 11 is 1.78. The van der Waals surface area contributed by atoms with Gasteiger partial charge in [-0.2, -0.15) is 0 Å². The lowest BCUT2D eigenvalue weighted by atomic mass is 9.98. The molecule has 3 nitrogen and oxygen atoms in total. The van der Waals surface area contributed by atoms with Gasteiger partial charge < -0.3 is 9.84 Å². The summed E-state index contributed by atoms with van der Waals surface area (Å²) < 4.78 is 4.56. The van der Waals surface area contributed by atoms with Crippen LogP contribution in [0.4, 0.5) is 0 Å². The number of aliphatic hydroxyl groups excluding tert-OH is 1. The number of hydrogen-bond acceptors (Lipinski definition) is 4. The Bertz CT molecular complexity index is 403. The summed E-state index contributed by atoms with van der Waals surface area (Å²) in [6.07, 6.45) is 0.855. The highest BCUT2D eigenvalue weighted by Crippen LogP contribution is 2.34. The Morgan fingerprint density at radius 3 is 3.12 bits per heavy atom. The summed E-state index contributed by atoms with van der Waals surface area (Å²) in [5.41, 5.74) is 1.79. The maximum absolute atomic E-state index is 11.3. The van der Waals surface area contributed by atoms with Crippen molar-refractivity contribution in [3.8, 4) is 0 Å². The minimum atomic E-state index is -1.15. The number of methoxy groups -OCH3 is 1. The zero-order valence-corrected chi connectivity index (χ0v) is 9.92. The van der Waals surface area contributed by atoms with Gasteiger partial charge in [-0.15, -0.1) is 11.8 Å². The molecular weight excluding hydrogens is 224 g/mol. The minimum Gasteiger partial charge on any atom is -0.467 e. The molecule has 1 aliphatic rings. The van der Waals surface area contributed by atoms with Crippen LogP contribution in [0.15, 0.2) is 23.1 Å². The summed E-state index contributed by atoms with van der Waals surface area (Å²) in [6.45, 7) is 0. The van der Waals surface area contributed by atoms with Gasteiger partial charge in [0.2, 0.25) is 0 Å². The molecule has 0 amide bonds. The summed E-state index contributed by atoms with van der Waals surface area (Å²) in [5.74, 6) is 0.508. The van der Waals surface area contributed by atoms with Crippen LogP contribution in [0.3, 0.4) is 0 Å². The lowest BCUT2D eigenvalue weighted by Gasteiger charge is -2.20. The number of ether oxygens (including phenoxy) is 1. The van der Waals surface area contributed by atoms with Gasteiger partial charge in [-0.3, -0.25) is 0 Å². The van der Waals surface area contributed by atoms with Crippen molar-refractivity contribution in [2.45, 2.75) is 23.8 Å². The first-order valence-corrected chi connectivity index (χ1v) is 6.23. The fourth-order valence-electron chi connectivity index (χ4n) is 1.91. The minimum absolute atomic E-state index is 0.594. The Morgan fingerprint density at radius 2 is 2.38 bits per heavy atom. The van der Waals surface area contributed by atoms with Crippen molar-refractivity contribution in [1.82, 2.24) is 0 Å². The summed E-state index contributed by atoms with van der Waals surface area (Å²) in [5, 5.41) is 9.86. The van der Waals surface area contributed by atoms with Gasteiger partial charge in [-0.1, -0.05) is 12.1 Å². The topological polar surface area (TPSA) is 46.5 Å². The number of carbonyl (C=O) groups is 1. The maximum atomic E-state index is 11.3. The van der Waals surface area contributed by atoms with Crippen LogP contribution < -0.4 is 0 Å². The number of fused-ring (bicyclic) bond motifs is 1. The summed E-state index contributed by atoms with van der Waals surface area (Å²) in [4.78, 5) is 12.5. The third-order valence-corrected chi connectivity index (χ3v) is 3.90. The molecule has 1 unspecified atom stereocenters. The van der Waals surface area contributed by atoms with Gasteiger partial charge in [-0.05, 0) is 35.8 Å². The van der Waals surface area contributed by atoms with E-state index in [1.54, 1.807) is 17.8 Å². The van der Waals surface area contributed by atoms with Crippen molar-refractivity contribution in [3.63, 3.8) is 0 Å². The zero-order valence-electron chi connectivity index (χ0n) is 9.10. The molecule has 2 rings (SSSR count). The number of thioether (sulfide) groups is 1. The third-order valence-electron chi connectivity index (χ3n) is 2.72. The SMILES string of the molecule is COC(=O)C(O)c1cccc2c1CCCS2. The average molecular weight is 238 g/mol. The van der Waals surface area contributed by atoms with E-state index in [1.165, 1.54) is 12.0 Å². The largest absolute Gasteiger partial charge is 0.467 e. The highest BCUT2D eigenvalue weighted by Gasteiger charge is 2.23. The highest BCUT2D eigenvalue weighted by atomic mass is 32.2. The molecule has 4 heteroatoms. The zero-order chi connectivity index (χ0) is 11.5. The van der Waals surface area contributed by atoms with Crippen LogP contribution >= 0.6 is 11.8 Å². The first-order chi connectivity index (χ1) is 7.74. The molecule has 0 fully saturated rings. The Labute approximate surface area is 98.8 Å². The van der Waals surface area contributed by atoms with Crippen LogP contribution in [0.2, 0.25) is 0 Å². The number of rotatable bonds is 2. The van der Waals surface area contributed by atoms with Crippen molar-refractivity contribution < 1.29 is 14.6 Å². The molecule has 86 valence electrons. The quantitative estimate of drug-likeness (QED) is 0.800. The van der Waals surface area contributed by atoms with E-state index in [2.05, 4.69) is 4.74 Å². The van der Waals surface area contributed by atoms with E-state index in [0.29, 0.717) is 5.56 Å². The van der Waals surface area contributed by atoms with Gasteiger partial charge in [-0.25, -0.2) is 4.79 Å². The second kappa shape index (κ2) is 4.89. The van der Waals surface area contributed by atoms with Crippen LogP contribution in [0.5, 0.6) is 0 Å². The van der Waals surface area contributed by atoms with Crippen LogP contribution in [0.1, 0.15) is 23.7 Å². The summed E-state index contributed by atoms with van der Waals surface area (Å²) in [7, 11) is 1.29. The normalized spacial score (nSPS) is 16.4. The van der Waals surface area contributed by atoms with E-state index in [4.69, 9.17) is 0 Å². The Kier molecular flexibility index (Phi) is 3.51. The number of esters is 1. The molecule has 16 heavy (non-hydrogen) atoms. The van der Waals surface area contributed by atoms with Crippen molar-refractivity contribution >= 4 is 17.7 Å². The fraction of sp³-hybridized carbons (Fsp3) is 0.417. The molecule has 1 atom stereocenters. The third kappa shape index (κ3) is 2.08. The first kappa shape index (κ1) is 11.5. The highest BCUT2D eigenvalue weighted by molar-refractivity contribution is 7.99. The van der Waals surface area contributed by atoms with E-state index in [1.807, 2.05) is 12.1 Å². The molecule has 0 aromatic heterocycles. The van der Waals surface area contributed by atoms with Gasteiger partial charge in [0.15, 0.2) is 6.10 Å².